The second-order valence-corrected chi connectivity index (χ2v) is 5.79. The highest BCUT2D eigenvalue weighted by molar-refractivity contribution is 9.10. The van der Waals surface area contributed by atoms with Gasteiger partial charge in [0.25, 0.3) is 5.91 Å². The molecule has 1 N–H and O–H groups in total. The molecule has 0 bridgehead atoms. The van der Waals surface area contributed by atoms with Gasteiger partial charge in [0.2, 0.25) is 0 Å². The van der Waals surface area contributed by atoms with Crippen molar-refractivity contribution in [2.45, 2.75) is 19.6 Å². The molecule has 23 heavy (non-hydrogen) atoms. The molecule has 120 valence electrons. The van der Waals surface area contributed by atoms with Crippen LogP contribution in [-0.4, -0.2) is 18.0 Å². The van der Waals surface area contributed by atoms with Crippen LogP contribution in [0.4, 0.5) is 4.39 Å². The van der Waals surface area contributed by atoms with Crippen molar-refractivity contribution in [1.82, 2.24) is 5.32 Å². The van der Waals surface area contributed by atoms with E-state index in [-0.39, 0.29) is 5.56 Å². The van der Waals surface area contributed by atoms with Gasteiger partial charge in [0.1, 0.15) is 5.82 Å². The second-order valence-electron chi connectivity index (χ2n) is 4.88. The van der Waals surface area contributed by atoms with E-state index >= 15 is 0 Å². The number of rotatable bonds is 5. The number of benzene rings is 2. The first-order chi connectivity index (χ1) is 11.0. The minimum Gasteiger partial charge on any atom is -0.449 e. The van der Waals surface area contributed by atoms with Gasteiger partial charge >= 0.3 is 5.97 Å². The summed E-state index contributed by atoms with van der Waals surface area (Å²) in [5, 5.41) is 2.66. The molecule has 0 saturated heterocycles. The highest BCUT2D eigenvalue weighted by Gasteiger charge is 2.21. The zero-order chi connectivity index (χ0) is 16.8. The third-order valence-corrected chi connectivity index (χ3v) is 3.61. The van der Waals surface area contributed by atoms with Crippen molar-refractivity contribution in [2.75, 3.05) is 0 Å². The van der Waals surface area contributed by atoms with Crippen LogP contribution in [0.1, 0.15) is 22.8 Å². The molecule has 0 saturated carbocycles. The van der Waals surface area contributed by atoms with Crippen LogP contribution in [0, 0.1) is 5.82 Å². The topological polar surface area (TPSA) is 55.4 Å². The summed E-state index contributed by atoms with van der Waals surface area (Å²) in [6.45, 7) is 1.77. The van der Waals surface area contributed by atoms with Crippen LogP contribution >= 0.6 is 15.9 Å². The van der Waals surface area contributed by atoms with Crippen molar-refractivity contribution in [1.29, 1.82) is 0 Å². The highest BCUT2D eigenvalue weighted by Crippen LogP contribution is 2.16. The molecule has 0 spiro atoms. The zero-order valence-corrected chi connectivity index (χ0v) is 14.0. The lowest BCUT2D eigenvalue weighted by atomic mass is 10.2. The Morgan fingerprint density at radius 1 is 1.22 bits per heavy atom. The molecule has 2 aromatic carbocycles. The fourth-order valence-electron chi connectivity index (χ4n) is 1.86. The number of esters is 1. The number of hydrogen-bond acceptors (Lipinski definition) is 3. The minimum absolute atomic E-state index is 0.212. The Hall–Kier alpha value is -2.21. The van der Waals surface area contributed by atoms with Gasteiger partial charge in [-0.1, -0.05) is 46.3 Å². The molecule has 2 aromatic rings. The van der Waals surface area contributed by atoms with E-state index in [1.54, 1.807) is 0 Å². The fourth-order valence-corrected chi connectivity index (χ4v) is 2.19. The SMILES string of the molecule is C[C@H](OC(=O)c1ccc(Br)cc1F)C(=O)NCc1ccccc1. The van der Waals surface area contributed by atoms with Crippen LogP contribution in [0.2, 0.25) is 0 Å². The number of nitrogens with one attached hydrogen (secondary N) is 1. The van der Waals surface area contributed by atoms with E-state index in [1.165, 1.54) is 19.1 Å². The Balaban J connectivity index is 1.91. The molecule has 1 atom stereocenters. The first-order valence-electron chi connectivity index (χ1n) is 6.95. The number of carbonyl (C=O) groups excluding carboxylic acids is 2. The maximum absolute atomic E-state index is 13.7. The maximum atomic E-state index is 13.7. The Kier molecular flexibility index (Phi) is 5.87. The van der Waals surface area contributed by atoms with Gasteiger partial charge in [0.05, 0.1) is 5.56 Å². The van der Waals surface area contributed by atoms with Crippen molar-refractivity contribution in [3.05, 3.63) is 69.9 Å². The number of amides is 1. The molecular formula is C17H15BrFNO3. The zero-order valence-electron chi connectivity index (χ0n) is 12.4. The lowest BCUT2D eigenvalue weighted by molar-refractivity contribution is -0.129. The van der Waals surface area contributed by atoms with Crippen molar-refractivity contribution < 1.29 is 18.7 Å². The molecule has 2 rings (SSSR count). The fraction of sp³-hybridized carbons (Fsp3) is 0.176. The van der Waals surface area contributed by atoms with Gasteiger partial charge in [-0.15, -0.1) is 0 Å². The van der Waals surface area contributed by atoms with Crippen LogP contribution in [0.25, 0.3) is 0 Å². The number of hydrogen-bond donors (Lipinski definition) is 1. The molecule has 0 radical (unpaired) electrons. The van der Waals surface area contributed by atoms with Gasteiger partial charge in [-0.3, -0.25) is 4.79 Å². The average Bonchev–Trinajstić information content (AvgIpc) is 2.53. The minimum atomic E-state index is -1.02. The summed E-state index contributed by atoms with van der Waals surface area (Å²) in [7, 11) is 0. The summed E-state index contributed by atoms with van der Waals surface area (Å²) in [6.07, 6.45) is -1.02. The monoisotopic (exact) mass is 379 g/mol. The van der Waals surface area contributed by atoms with Crippen LogP contribution in [-0.2, 0) is 16.1 Å². The predicted octanol–water partition coefficient (Wildman–Crippen LogP) is 3.45. The number of carbonyl (C=O) groups is 2. The molecule has 4 nitrogen and oxygen atoms in total. The summed E-state index contributed by atoms with van der Waals surface area (Å²) >= 11 is 3.11. The average molecular weight is 380 g/mol. The lowest BCUT2D eigenvalue weighted by Crippen LogP contribution is -2.35. The summed E-state index contributed by atoms with van der Waals surface area (Å²) in [6, 6.07) is 13.3. The summed E-state index contributed by atoms with van der Waals surface area (Å²) < 4.78 is 19.2. The van der Waals surface area contributed by atoms with Crippen LogP contribution in [0.15, 0.2) is 53.0 Å². The van der Waals surface area contributed by atoms with E-state index in [1.807, 2.05) is 30.3 Å². The first kappa shape index (κ1) is 17.1. The molecule has 0 aliphatic heterocycles. The van der Waals surface area contributed by atoms with Gasteiger partial charge in [-0.05, 0) is 30.7 Å². The second kappa shape index (κ2) is 7.87. The maximum Gasteiger partial charge on any atom is 0.341 e. The quantitative estimate of drug-likeness (QED) is 0.809. The van der Waals surface area contributed by atoms with Crippen molar-refractivity contribution in [3.63, 3.8) is 0 Å². The molecule has 1 amide bonds. The number of halogens is 2. The molecular weight excluding hydrogens is 365 g/mol. The van der Waals surface area contributed by atoms with E-state index < -0.39 is 23.8 Å². The molecule has 0 unspecified atom stereocenters. The van der Waals surface area contributed by atoms with Crippen molar-refractivity contribution in [2.24, 2.45) is 0 Å². The number of ether oxygens (including phenoxy) is 1. The third kappa shape index (κ3) is 4.89. The van der Waals surface area contributed by atoms with E-state index in [0.29, 0.717) is 11.0 Å². The molecule has 6 heteroatoms. The van der Waals surface area contributed by atoms with Crippen LogP contribution in [0.3, 0.4) is 0 Å². The summed E-state index contributed by atoms with van der Waals surface area (Å²) in [4.78, 5) is 23.8. The summed E-state index contributed by atoms with van der Waals surface area (Å²) in [5.74, 6) is -2.03. The molecule has 0 aromatic heterocycles. The molecule has 0 heterocycles. The summed E-state index contributed by atoms with van der Waals surface area (Å²) in [5.41, 5.74) is 0.717. The van der Waals surface area contributed by atoms with Crippen LogP contribution < -0.4 is 5.32 Å². The predicted molar refractivity (Wildman–Crippen MR) is 87.3 cm³/mol. The Morgan fingerprint density at radius 2 is 1.91 bits per heavy atom. The van der Waals surface area contributed by atoms with Gasteiger partial charge < -0.3 is 10.1 Å². The normalized spacial score (nSPS) is 11.6. The highest BCUT2D eigenvalue weighted by atomic mass is 79.9. The lowest BCUT2D eigenvalue weighted by Gasteiger charge is -2.14. The Morgan fingerprint density at radius 3 is 2.57 bits per heavy atom. The van der Waals surface area contributed by atoms with Crippen molar-refractivity contribution >= 4 is 27.8 Å². The largest absolute Gasteiger partial charge is 0.449 e. The van der Waals surface area contributed by atoms with E-state index in [9.17, 15) is 14.0 Å². The van der Waals surface area contributed by atoms with Gasteiger partial charge in [0.15, 0.2) is 6.10 Å². The Bertz CT molecular complexity index is 706. The van der Waals surface area contributed by atoms with Crippen molar-refractivity contribution in [3.8, 4) is 0 Å². The molecule has 0 fully saturated rings. The van der Waals surface area contributed by atoms with E-state index in [0.717, 1.165) is 11.6 Å². The first-order valence-corrected chi connectivity index (χ1v) is 7.74. The molecule has 0 aliphatic rings. The van der Waals surface area contributed by atoms with Gasteiger partial charge in [0, 0.05) is 11.0 Å². The standard InChI is InChI=1S/C17H15BrFNO3/c1-11(16(21)20-10-12-5-3-2-4-6-12)23-17(22)14-8-7-13(18)9-15(14)19/h2-9,11H,10H2,1H3,(H,20,21)/t11-/m0/s1. The van der Waals surface area contributed by atoms with E-state index in [4.69, 9.17) is 4.74 Å². The Labute approximate surface area is 141 Å². The van der Waals surface area contributed by atoms with Gasteiger partial charge in [-0.2, -0.15) is 0 Å². The third-order valence-electron chi connectivity index (χ3n) is 3.11. The smallest absolute Gasteiger partial charge is 0.341 e. The van der Waals surface area contributed by atoms with E-state index in [2.05, 4.69) is 21.2 Å². The van der Waals surface area contributed by atoms with Crippen LogP contribution in [0.5, 0.6) is 0 Å². The van der Waals surface area contributed by atoms with Gasteiger partial charge in [-0.25, -0.2) is 9.18 Å². The molecule has 0 aliphatic carbocycles.